The average molecular weight is 274 g/mol. The van der Waals surface area contributed by atoms with Crippen molar-refractivity contribution in [1.82, 2.24) is 10.6 Å². The van der Waals surface area contributed by atoms with Gasteiger partial charge in [-0.1, -0.05) is 18.2 Å². The highest BCUT2D eigenvalue weighted by Crippen LogP contribution is 2.27. The molecule has 1 saturated heterocycles. The van der Waals surface area contributed by atoms with E-state index >= 15 is 0 Å². The van der Waals surface area contributed by atoms with E-state index < -0.39 is 0 Å². The molecule has 1 aromatic rings. The van der Waals surface area contributed by atoms with E-state index in [-0.39, 0.29) is 17.9 Å². The number of benzene rings is 1. The quantitative estimate of drug-likeness (QED) is 0.875. The molecule has 0 bridgehead atoms. The number of nitrogens with one attached hydrogen (secondary N) is 2. The Morgan fingerprint density at radius 2 is 2.30 bits per heavy atom. The van der Waals surface area contributed by atoms with Crippen molar-refractivity contribution in [2.24, 2.45) is 11.8 Å². The van der Waals surface area contributed by atoms with Crippen LogP contribution in [0.5, 0.6) is 5.75 Å². The molecule has 1 amide bonds. The maximum atomic E-state index is 12.4. The van der Waals surface area contributed by atoms with Gasteiger partial charge in [0.25, 0.3) is 0 Å². The third-order valence-corrected chi connectivity index (χ3v) is 4.43. The van der Waals surface area contributed by atoms with Gasteiger partial charge in [-0.25, -0.2) is 0 Å². The maximum Gasteiger partial charge on any atom is 0.227 e. The van der Waals surface area contributed by atoms with Crippen LogP contribution in [0.3, 0.4) is 0 Å². The molecule has 4 nitrogen and oxygen atoms in total. The van der Waals surface area contributed by atoms with Crippen molar-refractivity contribution >= 4 is 5.91 Å². The third kappa shape index (κ3) is 2.80. The average Bonchev–Trinajstić information content (AvgIpc) is 3.01. The Labute approximate surface area is 119 Å². The summed E-state index contributed by atoms with van der Waals surface area (Å²) < 4.78 is 5.69. The largest absolute Gasteiger partial charge is 0.492 e. The number of rotatable bonds is 3. The van der Waals surface area contributed by atoms with E-state index in [0.717, 1.165) is 37.2 Å². The molecule has 2 aliphatic rings. The number of carbonyl (C=O) groups is 1. The Hall–Kier alpha value is -1.55. The minimum atomic E-state index is -0.0679. The maximum absolute atomic E-state index is 12.4. The van der Waals surface area contributed by atoms with Gasteiger partial charge in [0.15, 0.2) is 0 Å². The van der Waals surface area contributed by atoms with Crippen molar-refractivity contribution in [3.63, 3.8) is 0 Å². The minimum Gasteiger partial charge on any atom is -0.492 e. The van der Waals surface area contributed by atoms with Crippen LogP contribution < -0.4 is 15.4 Å². The first-order valence-electron chi connectivity index (χ1n) is 7.46. The zero-order valence-electron chi connectivity index (χ0n) is 11.9. The van der Waals surface area contributed by atoms with E-state index in [2.05, 4.69) is 17.6 Å². The number of amides is 1. The second kappa shape index (κ2) is 5.83. The fourth-order valence-electron chi connectivity index (χ4n) is 3.06. The van der Waals surface area contributed by atoms with Gasteiger partial charge in [-0.3, -0.25) is 4.79 Å². The first-order valence-corrected chi connectivity index (χ1v) is 7.46. The lowest BCUT2D eigenvalue weighted by molar-refractivity contribution is -0.127. The van der Waals surface area contributed by atoms with Gasteiger partial charge in [-0.15, -0.1) is 0 Å². The molecule has 2 heterocycles. The van der Waals surface area contributed by atoms with Crippen LogP contribution in [0.2, 0.25) is 0 Å². The normalized spacial score (nSPS) is 26.4. The zero-order valence-corrected chi connectivity index (χ0v) is 11.9. The Kier molecular flexibility index (Phi) is 3.92. The SMILES string of the molecule is CC(NC(=O)C1COc2ccccc2C1)C1CCNC1. The Morgan fingerprint density at radius 3 is 3.10 bits per heavy atom. The number of hydrogen-bond donors (Lipinski definition) is 2. The summed E-state index contributed by atoms with van der Waals surface area (Å²) in [7, 11) is 0. The summed E-state index contributed by atoms with van der Waals surface area (Å²) in [5.41, 5.74) is 1.13. The summed E-state index contributed by atoms with van der Waals surface area (Å²) in [6.45, 7) is 4.65. The van der Waals surface area contributed by atoms with Gasteiger partial charge in [0.1, 0.15) is 12.4 Å². The molecule has 0 radical (unpaired) electrons. The van der Waals surface area contributed by atoms with Crippen LogP contribution in [-0.2, 0) is 11.2 Å². The van der Waals surface area contributed by atoms with Gasteiger partial charge in [0, 0.05) is 6.04 Å². The summed E-state index contributed by atoms with van der Waals surface area (Å²) in [6, 6.07) is 8.20. The van der Waals surface area contributed by atoms with E-state index in [1.807, 2.05) is 24.3 Å². The molecule has 3 rings (SSSR count). The third-order valence-electron chi connectivity index (χ3n) is 4.43. The summed E-state index contributed by atoms with van der Waals surface area (Å²) in [5, 5.41) is 6.51. The number of hydrogen-bond acceptors (Lipinski definition) is 3. The lowest BCUT2D eigenvalue weighted by atomic mass is 9.94. The molecule has 0 saturated carbocycles. The van der Waals surface area contributed by atoms with Gasteiger partial charge in [0.2, 0.25) is 5.91 Å². The number of carbonyl (C=O) groups excluding carboxylic acids is 1. The predicted molar refractivity (Wildman–Crippen MR) is 77.7 cm³/mol. The molecule has 0 spiro atoms. The summed E-state index contributed by atoms with van der Waals surface area (Å²) in [6.07, 6.45) is 1.92. The Bertz CT molecular complexity index is 483. The monoisotopic (exact) mass is 274 g/mol. The van der Waals surface area contributed by atoms with Crippen molar-refractivity contribution < 1.29 is 9.53 Å². The Balaban J connectivity index is 1.58. The molecule has 3 atom stereocenters. The second-order valence-electron chi connectivity index (χ2n) is 5.87. The van der Waals surface area contributed by atoms with Crippen LogP contribution in [0.4, 0.5) is 0 Å². The fourth-order valence-corrected chi connectivity index (χ4v) is 3.06. The van der Waals surface area contributed by atoms with Crippen LogP contribution in [0.1, 0.15) is 18.9 Å². The molecule has 3 unspecified atom stereocenters. The van der Waals surface area contributed by atoms with Crippen LogP contribution in [0, 0.1) is 11.8 Å². The van der Waals surface area contributed by atoms with E-state index in [9.17, 15) is 4.79 Å². The lowest BCUT2D eigenvalue weighted by Crippen LogP contribution is -2.44. The molecule has 0 aliphatic carbocycles. The Morgan fingerprint density at radius 1 is 1.45 bits per heavy atom. The number of fused-ring (bicyclic) bond motifs is 1. The molecule has 4 heteroatoms. The highest BCUT2D eigenvalue weighted by atomic mass is 16.5. The van der Waals surface area contributed by atoms with Gasteiger partial charge >= 0.3 is 0 Å². The topological polar surface area (TPSA) is 50.4 Å². The van der Waals surface area contributed by atoms with Crippen molar-refractivity contribution in [2.75, 3.05) is 19.7 Å². The lowest BCUT2D eigenvalue weighted by Gasteiger charge is -2.27. The zero-order chi connectivity index (χ0) is 13.9. The molecule has 2 aliphatic heterocycles. The van der Waals surface area contributed by atoms with E-state index in [1.165, 1.54) is 0 Å². The van der Waals surface area contributed by atoms with Crippen molar-refractivity contribution in [3.05, 3.63) is 29.8 Å². The van der Waals surface area contributed by atoms with Crippen LogP contribution in [-0.4, -0.2) is 31.6 Å². The van der Waals surface area contributed by atoms with Gasteiger partial charge in [-0.2, -0.15) is 0 Å². The van der Waals surface area contributed by atoms with E-state index in [1.54, 1.807) is 0 Å². The molecular weight excluding hydrogens is 252 g/mol. The van der Waals surface area contributed by atoms with Gasteiger partial charge in [0.05, 0.1) is 5.92 Å². The van der Waals surface area contributed by atoms with Crippen LogP contribution in [0.15, 0.2) is 24.3 Å². The van der Waals surface area contributed by atoms with E-state index in [0.29, 0.717) is 12.5 Å². The standard InChI is InChI=1S/C16H22N2O2/c1-11(13-6-7-17-9-13)18-16(19)14-8-12-4-2-3-5-15(12)20-10-14/h2-5,11,13-14,17H,6-10H2,1H3,(H,18,19). The summed E-state index contributed by atoms with van der Waals surface area (Å²) in [5.74, 6) is 1.53. The predicted octanol–water partition coefficient (Wildman–Crippen LogP) is 1.35. The molecule has 108 valence electrons. The van der Waals surface area contributed by atoms with Crippen molar-refractivity contribution in [2.45, 2.75) is 25.8 Å². The van der Waals surface area contributed by atoms with E-state index in [4.69, 9.17) is 4.74 Å². The highest BCUT2D eigenvalue weighted by Gasteiger charge is 2.29. The minimum absolute atomic E-state index is 0.0679. The summed E-state index contributed by atoms with van der Waals surface area (Å²) in [4.78, 5) is 12.4. The molecule has 20 heavy (non-hydrogen) atoms. The second-order valence-corrected chi connectivity index (χ2v) is 5.87. The molecule has 0 aromatic heterocycles. The highest BCUT2D eigenvalue weighted by molar-refractivity contribution is 5.79. The first-order chi connectivity index (χ1) is 9.74. The van der Waals surface area contributed by atoms with Crippen LogP contribution in [0.25, 0.3) is 0 Å². The van der Waals surface area contributed by atoms with Gasteiger partial charge < -0.3 is 15.4 Å². The number of para-hydroxylation sites is 1. The number of ether oxygens (including phenoxy) is 1. The fraction of sp³-hybridized carbons (Fsp3) is 0.562. The molecule has 1 fully saturated rings. The molecule has 1 aromatic carbocycles. The summed E-state index contributed by atoms with van der Waals surface area (Å²) >= 11 is 0. The van der Waals surface area contributed by atoms with Crippen molar-refractivity contribution in [1.29, 1.82) is 0 Å². The smallest absolute Gasteiger partial charge is 0.227 e. The van der Waals surface area contributed by atoms with Crippen LogP contribution >= 0.6 is 0 Å². The molecular formula is C16H22N2O2. The molecule has 2 N–H and O–H groups in total. The first kappa shape index (κ1) is 13.4. The van der Waals surface area contributed by atoms with Gasteiger partial charge in [-0.05, 0) is 50.4 Å². The van der Waals surface area contributed by atoms with Crippen molar-refractivity contribution in [3.8, 4) is 5.75 Å².